The van der Waals surface area contributed by atoms with Gasteiger partial charge in [-0.25, -0.2) is 4.68 Å². The second-order valence-corrected chi connectivity index (χ2v) is 8.44. The number of nitrogens with one attached hydrogen (secondary N) is 1. The van der Waals surface area contributed by atoms with Gasteiger partial charge in [-0.1, -0.05) is 19.1 Å². The number of aromatic nitrogens is 5. The number of piperidine rings is 1. The van der Waals surface area contributed by atoms with Crippen LogP contribution in [0.15, 0.2) is 23.0 Å². The molecule has 1 saturated heterocycles. The number of hydrogen-bond donors (Lipinski definition) is 1. The van der Waals surface area contributed by atoms with Gasteiger partial charge < -0.3 is 9.72 Å². The van der Waals surface area contributed by atoms with Gasteiger partial charge in [0.1, 0.15) is 6.04 Å². The molecule has 2 aromatic heterocycles. The summed E-state index contributed by atoms with van der Waals surface area (Å²) in [4.78, 5) is 18.8. The molecule has 1 aliphatic rings. The highest BCUT2D eigenvalue weighted by atomic mass is 16.5. The van der Waals surface area contributed by atoms with Crippen molar-refractivity contribution in [3.05, 3.63) is 51.1 Å². The highest BCUT2D eigenvalue weighted by Crippen LogP contribution is 2.31. The smallest absolute Gasteiger partial charge is 0.253 e. The molecule has 1 N–H and O–H groups in total. The molecule has 30 heavy (non-hydrogen) atoms. The highest BCUT2D eigenvalue weighted by Gasteiger charge is 2.32. The zero-order valence-electron chi connectivity index (χ0n) is 18.2. The largest absolute Gasteiger partial charge is 0.383 e. The average Bonchev–Trinajstić information content (AvgIpc) is 3.18. The Balaban J connectivity index is 1.88. The number of tetrazole rings is 1. The molecular formula is C22H30N6O2. The molecule has 0 amide bonds. The third kappa shape index (κ3) is 3.89. The number of benzene rings is 1. The lowest BCUT2D eigenvalue weighted by Crippen LogP contribution is -2.41. The standard InChI is InChI=1S/C22H30N6O2/c1-14-6-5-9-27(13-14)20(21-24-25-26-28(21)10-11-30-4)18-12-17-15(2)7-8-16(3)19(17)23-22(18)29/h7-8,12,14,20H,5-6,9-11,13H2,1-4H3,(H,23,29)/t14-,20-/m0/s1. The van der Waals surface area contributed by atoms with Crippen molar-refractivity contribution < 1.29 is 4.74 Å². The molecule has 0 aliphatic carbocycles. The zero-order valence-corrected chi connectivity index (χ0v) is 18.2. The van der Waals surface area contributed by atoms with E-state index in [4.69, 9.17) is 4.74 Å². The SMILES string of the molecule is COCCn1nnnc1[C@H](c1cc2c(C)ccc(C)c2[nH]c1=O)N1CCC[C@H](C)C1. The minimum atomic E-state index is -0.298. The number of methoxy groups -OCH3 is 1. The van der Waals surface area contributed by atoms with Crippen LogP contribution in [0.4, 0.5) is 0 Å². The van der Waals surface area contributed by atoms with Crippen LogP contribution in [0, 0.1) is 19.8 Å². The number of fused-ring (bicyclic) bond motifs is 1. The summed E-state index contributed by atoms with van der Waals surface area (Å²) in [5, 5.41) is 13.5. The minimum Gasteiger partial charge on any atom is -0.383 e. The quantitative estimate of drug-likeness (QED) is 0.672. The van der Waals surface area contributed by atoms with E-state index in [-0.39, 0.29) is 11.6 Å². The van der Waals surface area contributed by atoms with Crippen molar-refractivity contribution in [2.24, 2.45) is 5.92 Å². The monoisotopic (exact) mass is 410 g/mol. The summed E-state index contributed by atoms with van der Waals surface area (Å²) >= 11 is 0. The lowest BCUT2D eigenvalue weighted by molar-refractivity contribution is 0.137. The van der Waals surface area contributed by atoms with Gasteiger partial charge in [-0.2, -0.15) is 0 Å². The minimum absolute atomic E-state index is 0.0827. The maximum atomic E-state index is 13.3. The molecule has 1 aliphatic heterocycles. The van der Waals surface area contributed by atoms with E-state index >= 15 is 0 Å². The van der Waals surface area contributed by atoms with Crippen LogP contribution in [0.3, 0.4) is 0 Å². The van der Waals surface area contributed by atoms with Crippen LogP contribution >= 0.6 is 0 Å². The van der Waals surface area contributed by atoms with E-state index < -0.39 is 0 Å². The first-order valence-corrected chi connectivity index (χ1v) is 10.6. The molecule has 1 aromatic carbocycles. The van der Waals surface area contributed by atoms with Crippen molar-refractivity contribution >= 4 is 10.9 Å². The third-order valence-corrected chi connectivity index (χ3v) is 6.13. The number of likely N-dealkylation sites (tertiary alicyclic amines) is 1. The van der Waals surface area contributed by atoms with Gasteiger partial charge in [0.25, 0.3) is 5.56 Å². The van der Waals surface area contributed by atoms with E-state index in [1.807, 2.05) is 19.1 Å². The Labute approximate surface area is 176 Å². The summed E-state index contributed by atoms with van der Waals surface area (Å²) in [5.74, 6) is 1.25. The lowest BCUT2D eigenvalue weighted by atomic mass is 9.95. The summed E-state index contributed by atoms with van der Waals surface area (Å²) in [6.45, 7) is 9.23. The highest BCUT2D eigenvalue weighted by molar-refractivity contribution is 5.85. The molecule has 0 spiro atoms. The van der Waals surface area contributed by atoms with Crippen LogP contribution in [0.2, 0.25) is 0 Å². The number of rotatable bonds is 6. The Morgan fingerprint density at radius 3 is 2.87 bits per heavy atom. The molecule has 0 bridgehead atoms. The predicted molar refractivity (Wildman–Crippen MR) is 116 cm³/mol. The lowest BCUT2D eigenvalue weighted by Gasteiger charge is -2.36. The first kappa shape index (κ1) is 20.7. The van der Waals surface area contributed by atoms with Crippen LogP contribution < -0.4 is 5.56 Å². The van der Waals surface area contributed by atoms with E-state index in [0.717, 1.165) is 41.5 Å². The number of H-pyrrole nitrogens is 1. The van der Waals surface area contributed by atoms with Gasteiger partial charge in [-0.3, -0.25) is 9.69 Å². The van der Waals surface area contributed by atoms with Gasteiger partial charge in [-0.15, -0.1) is 5.10 Å². The Hall–Kier alpha value is -2.58. The molecule has 3 aromatic rings. The van der Waals surface area contributed by atoms with Crippen molar-refractivity contribution in [3.8, 4) is 0 Å². The molecule has 1 fully saturated rings. The number of nitrogens with zero attached hydrogens (tertiary/aromatic N) is 5. The molecule has 0 radical (unpaired) electrons. The van der Waals surface area contributed by atoms with Gasteiger partial charge in [-0.05, 0) is 66.8 Å². The van der Waals surface area contributed by atoms with Crippen LogP contribution in [0.25, 0.3) is 10.9 Å². The molecule has 0 unspecified atom stereocenters. The Morgan fingerprint density at radius 2 is 2.10 bits per heavy atom. The van der Waals surface area contributed by atoms with E-state index in [1.54, 1.807) is 11.8 Å². The molecular weight excluding hydrogens is 380 g/mol. The summed E-state index contributed by atoms with van der Waals surface area (Å²) in [7, 11) is 1.66. The number of hydrogen-bond acceptors (Lipinski definition) is 6. The van der Waals surface area contributed by atoms with E-state index in [1.165, 1.54) is 6.42 Å². The molecule has 3 heterocycles. The topological polar surface area (TPSA) is 88.9 Å². The summed E-state index contributed by atoms with van der Waals surface area (Å²) in [5.41, 5.74) is 3.71. The Bertz CT molecular complexity index is 1090. The maximum absolute atomic E-state index is 13.3. The number of ether oxygens (including phenoxy) is 1. The number of aromatic amines is 1. The second kappa shape index (κ2) is 8.65. The third-order valence-electron chi connectivity index (χ3n) is 6.13. The normalized spacial score (nSPS) is 18.7. The van der Waals surface area contributed by atoms with Crippen LogP contribution in [0.5, 0.6) is 0 Å². The predicted octanol–water partition coefficient (Wildman–Crippen LogP) is 2.60. The zero-order chi connectivity index (χ0) is 21.3. The van der Waals surface area contributed by atoms with Gasteiger partial charge >= 0.3 is 0 Å². The van der Waals surface area contributed by atoms with Crippen molar-refractivity contribution in [3.63, 3.8) is 0 Å². The fraction of sp³-hybridized carbons (Fsp3) is 0.545. The molecule has 160 valence electrons. The molecule has 8 heteroatoms. The Morgan fingerprint density at radius 1 is 1.30 bits per heavy atom. The van der Waals surface area contributed by atoms with Crippen molar-refractivity contribution in [2.75, 3.05) is 26.8 Å². The van der Waals surface area contributed by atoms with E-state index in [2.05, 4.69) is 45.3 Å². The number of aryl methyl sites for hydroxylation is 2. The fourth-order valence-electron chi connectivity index (χ4n) is 4.50. The molecule has 4 rings (SSSR count). The van der Waals surface area contributed by atoms with Gasteiger partial charge in [0.2, 0.25) is 0 Å². The molecule has 8 nitrogen and oxygen atoms in total. The van der Waals surface area contributed by atoms with Crippen LogP contribution in [-0.4, -0.2) is 56.9 Å². The fourth-order valence-corrected chi connectivity index (χ4v) is 4.50. The van der Waals surface area contributed by atoms with E-state index in [9.17, 15) is 4.79 Å². The van der Waals surface area contributed by atoms with Gasteiger partial charge in [0.05, 0.1) is 18.7 Å². The summed E-state index contributed by atoms with van der Waals surface area (Å²) < 4.78 is 6.99. The molecule has 0 saturated carbocycles. The van der Waals surface area contributed by atoms with E-state index in [0.29, 0.717) is 30.5 Å². The summed E-state index contributed by atoms with van der Waals surface area (Å²) in [6.07, 6.45) is 2.30. The van der Waals surface area contributed by atoms with Crippen LogP contribution in [-0.2, 0) is 11.3 Å². The molecule has 2 atom stereocenters. The van der Waals surface area contributed by atoms with Crippen molar-refractivity contribution in [1.29, 1.82) is 0 Å². The summed E-state index contributed by atoms with van der Waals surface area (Å²) in [6, 6.07) is 5.88. The van der Waals surface area contributed by atoms with Gasteiger partial charge in [0, 0.05) is 24.6 Å². The maximum Gasteiger partial charge on any atom is 0.253 e. The van der Waals surface area contributed by atoms with Gasteiger partial charge in [0.15, 0.2) is 5.82 Å². The van der Waals surface area contributed by atoms with Crippen molar-refractivity contribution in [2.45, 2.75) is 46.2 Å². The number of pyridine rings is 1. The van der Waals surface area contributed by atoms with Crippen LogP contribution in [0.1, 0.15) is 48.3 Å². The average molecular weight is 411 g/mol. The first-order valence-electron chi connectivity index (χ1n) is 10.6. The Kier molecular flexibility index (Phi) is 5.97. The van der Waals surface area contributed by atoms with Crippen molar-refractivity contribution in [1.82, 2.24) is 30.1 Å². The second-order valence-electron chi connectivity index (χ2n) is 8.44. The first-order chi connectivity index (χ1) is 14.5.